The van der Waals surface area contributed by atoms with Crippen molar-refractivity contribution in [2.75, 3.05) is 6.54 Å². The summed E-state index contributed by atoms with van der Waals surface area (Å²) < 4.78 is 0. The summed E-state index contributed by atoms with van der Waals surface area (Å²) in [6.45, 7) is 12.7. The van der Waals surface area contributed by atoms with Gasteiger partial charge in [0.25, 0.3) is 0 Å². The highest BCUT2D eigenvalue weighted by Crippen LogP contribution is 2.51. The van der Waals surface area contributed by atoms with Crippen LogP contribution < -0.4 is 5.32 Å². The number of hydrogen-bond acceptors (Lipinski definition) is 1. The van der Waals surface area contributed by atoms with Gasteiger partial charge in [-0.3, -0.25) is 0 Å². The monoisotopic (exact) mass is 211 g/mol. The summed E-state index contributed by atoms with van der Waals surface area (Å²) in [5.41, 5.74) is 0.952. The van der Waals surface area contributed by atoms with Crippen LogP contribution in [0.3, 0.4) is 0 Å². The lowest BCUT2D eigenvalue weighted by molar-refractivity contribution is 0.291. The Hall–Kier alpha value is -0.0400. The second-order valence-corrected chi connectivity index (χ2v) is 6.49. The largest absolute Gasteiger partial charge is 0.312 e. The molecule has 0 unspecified atom stereocenters. The van der Waals surface area contributed by atoms with Crippen molar-refractivity contribution in [3.05, 3.63) is 0 Å². The Bertz CT molecular complexity index is 182. The highest BCUT2D eigenvalue weighted by Gasteiger charge is 2.43. The van der Waals surface area contributed by atoms with E-state index in [2.05, 4.69) is 39.9 Å². The summed E-state index contributed by atoms with van der Waals surface area (Å²) >= 11 is 0. The molecule has 1 aliphatic rings. The Balaban J connectivity index is 2.33. The minimum Gasteiger partial charge on any atom is -0.312 e. The van der Waals surface area contributed by atoms with Crippen molar-refractivity contribution < 1.29 is 0 Å². The van der Waals surface area contributed by atoms with E-state index in [9.17, 15) is 0 Å². The average Bonchev–Trinajstić information content (AvgIpc) is 2.91. The van der Waals surface area contributed by atoms with Crippen LogP contribution in [0.4, 0.5) is 0 Å². The van der Waals surface area contributed by atoms with Gasteiger partial charge in [0.2, 0.25) is 0 Å². The Labute approximate surface area is 96.0 Å². The number of nitrogens with one attached hydrogen (secondary N) is 1. The molecule has 0 atom stereocenters. The van der Waals surface area contributed by atoms with Gasteiger partial charge in [0.1, 0.15) is 0 Å². The normalized spacial score (nSPS) is 19.6. The Morgan fingerprint density at radius 2 is 1.67 bits per heavy atom. The van der Waals surface area contributed by atoms with Crippen molar-refractivity contribution in [1.29, 1.82) is 0 Å². The third-order valence-corrected chi connectivity index (χ3v) is 3.83. The lowest BCUT2D eigenvalue weighted by atomic mass is 9.88. The van der Waals surface area contributed by atoms with Crippen LogP contribution in [-0.4, -0.2) is 12.1 Å². The smallest absolute Gasteiger partial charge is 0.00967 e. The van der Waals surface area contributed by atoms with Gasteiger partial charge < -0.3 is 5.32 Å². The van der Waals surface area contributed by atoms with Crippen LogP contribution in [0, 0.1) is 11.3 Å². The molecule has 1 fully saturated rings. The van der Waals surface area contributed by atoms with Gasteiger partial charge in [0.15, 0.2) is 0 Å². The zero-order chi connectivity index (χ0) is 11.5. The van der Waals surface area contributed by atoms with Crippen molar-refractivity contribution in [3.8, 4) is 0 Å². The van der Waals surface area contributed by atoms with Crippen LogP contribution in [0.2, 0.25) is 0 Å². The molecule has 0 spiro atoms. The average molecular weight is 211 g/mol. The molecule has 15 heavy (non-hydrogen) atoms. The van der Waals surface area contributed by atoms with E-state index in [1.165, 1.54) is 38.6 Å². The summed E-state index contributed by atoms with van der Waals surface area (Å²) in [6.07, 6.45) is 7.06. The second-order valence-electron chi connectivity index (χ2n) is 6.49. The van der Waals surface area contributed by atoms with E-state index in [4.69, 9.17) is 0 Å². The number of hydrogen-bond donors (Lipinski definition) is 1. The molecule has 0 aromatic carbocycles. The van der Waals surface area contributed by atoms with Crippen molar-refractivity contribution in [2.45, 2.75) is 72.3 Å². The Kier molecular flexibility index (Phi) is 4.22. The Morgan fingerprint density at radius 3 is 2.00 bits per heavy atom. The SMILES string of the molecule is CCC(CC)CC1(CNC(C)(C)C)CC1. The third kappa shape index (κ3) is 4.55. The van der Waals surface area contributed by atoms with E-state index in [0.29, 0.717) is 5.41 Å². The standard InChI is InChI=1S/C14H29N/c1-6-12(7-2)10-14(8-9-14)11-15-13(3,4)5/h12,15H,6-11H2,1-5H3. The topological polar surface area (TPSA) is 12.0 Å². The van der Waals surface area contributed by atoms with Gasteiger partial charge in [-0.2, -0.15) is 0 Å². The summed E-state index contributed by atoms with van der Waals surface area (Å²) in [7, 11) is 0. The molecule has 0 radical (unpaired) electrons. The lowest BCUT2D eigenvalue weighted by Crippen LogP contribution is -2.40. The molecule has 1 aliphatic carbocycles. The van der Waals surface area contributed by atoms with E-state index in [1.54, 1.807) is 0 Å². The van der Waals surface area contributed by atoms with E-state index < -0.39 is 0 Å². The van der Waals surface area contributed by atoms with Gasteiger partial charge in [-0.1, -0.05) is 26.7 Å². The van der Waals surface area contributed by atoms with Crippen LogP contribution in [0.25, 0.3) is 0 Å². The first kappa shape index (κ1) is 13.0. The zero-order valence-electron chi connectivity index (χ0n) is 11.3. The van der Waals surface area contributed by atoms with Crippen molar-refractivity contribution in [2.24, 2.45) is 11.3 Å². The van der Waals surface area contributed by atoms with Crippen LogP contribution >= 0.6 is 0 Å². The van der Waals surface area contributed by atoms with Crippen LogP contribution in [-0.2, 0) is 0 Å². The molecule has 1 nitrogen and oxygen atoms in total. The number of rotatable bonds is 6. The fourth-order valence-electron chi connectivity index (χ4n) is 2.27. The van der Waals surface area contributed by atoms with Crippen LogP contribution in [0.1, 0.15) is 66.7 Å². The molecule has 0 aromatic heterocycles. The van der Waals surface area contributed by atoms with Crippen LogP contribution in [0.5, 0.6) is 0 Å². The maximum atomic E-state index is 3.68. The molecule has 1 heteroatoms. The van der Waals surface area contributed by atoms with E-state index in [-0.39, 0.29) is 5.54 Å². The highest BCUT2D eigenvalue weighted by molar-refractivity contribution is 4.97. The zero-order valence-corrected chi connectivity index (χ0v) is 11.3. The molecule has 1 rings (SSSR count). The lowest BCUT2D eigenvalue weighted by Gasteiger charge is -2.27. The molecule has 0 heterocycles. The third-order valence-electron chi connectivity index (χ3n) is 3.83. The molecule has 1 N–H and O–H groups in total. The van der Waals surface area contributed by atoms with E-state index in [1.807, 2.05) is 0 Å². The molecule has 1 saturated carbocycles. The van der Waals surface area contributed by atoms with Crippen molar-refractivity contribution in [1.82, 2.24) is 5.32 Å². The quantitative estimate of drug-likeness (QED) is 0.700. The predicted molar refractivity (Wildman–Crippen MR) is 68.1 cm³/mol. The predicted octanol–water partition coefficient (Wildman–Crippen LogP) is 3.98. The fraction of sp³-hybridized carbons (Fsp3) is 1.00. The molecular weight excluding hydrogens is 182 g/mol. The minimum atomic E-state index is 0.281. The first-order valence-electron chi connectivity index (χ1n) is 6.66. The van der Waals surface area contributed by atoms with Gasteiger partial charge >= 0.3 is 0 Å². The van der Waals surface area contributed by atoms with Gasteiger partial charge in [0, 0.05) is 12.1 Å². The van der Waals surface area contributed by atoms with Crippen molar-refractivity contribution in [3.63, 3.8) is 0 Å². The maximum absolute atomic E-state index is 3.68. The summed E-state index contributed by atoms with van der Waals surface area (Å²) in [4.78, 5) is 0. The highest BCUT2D eigenvalue weighted by atomic mass is 15.0. The van der Waals surface area contributed by atoms with E-state index in [0.717, 1.165) is 5.92 Å². The molecule has 0 aliphatic heterocycles. The molecular formula is C14H29N. The van der Waals surface area contributed by atoms with Crippen LogP contribution in [0.15, 0.2) is 0 Å². The maximum Gasteiger partial charge on any atom is 0.00967 e. The second kappa shape index (κ2) is 4.86. The Morgan fingerprint density at radius 1 is 1.13 bits per heavy atom. The van der Waals surface area contributed by atoms with Gasteiger partial charge in [-0.05, 0) is 51.4 Å². The molecule has 0 amide bonds. The van der Waals surface area contributed by atoms with Gasteiger partial charge in [-0.15, -0.1) is 0 Å². The summed E-state index contributed by atoms with van der Waals surface area (Å²) in [5.74, 6) is 0.953. The molecule has 0 bridgehead atoms. The molecule has 0 saturated heterocycles. The molecule has 90 valence electrons. The summed E-state index contributed by atoms with van der Waals surface area (Å²) in [6, 6.07) is 0. The molecule has 0 aromatic rings. The minimum absolute atomic E-state index is 0.281. The van der Waals surface area contributed by atoms with Gasteiger partial charge in [-0.25, -0.2) is 0 Å². The van der Waals surface area contributed by atoms with Gasteiger partial charge in [0.05, 0.1) is 0 Å². The van der Waals surface area contributed by atoms with Crippen molar-refractivity contribution >= 4 is 0 Å². The first-order chi connectivity index (χ1) is 6.91. The summed E-state index contributed by atoms with van der Waals surface area (Å²) in [5, 5.41) is 3.68. The first-order valence-corrected chi connectivity index (χ1v) is 6.66. The van der Waals surface area contributed by atoms with E-state index >= 15 is 0 Å². The fourth-order valence-corrected chi connectivity index (χ4v) is 2.27.